The molecular weight excluding hydrogens is 346 g/mol. The number of nitrogens with one attached hydrogen (secondary N) is 1. The van der Waals surface area contributed by atoms with E-state index < -0.39 is 11.7 Å². The van der Waals surface area contributed by atoms with E-state index in [0.717, 1.165) is 19.5 Å². The van der Waals surface area contributed by atoms with Crippen molar-refractivity contribution in [2.45, 2.75) is 39.2 Å². The van der Waals surface area contributed by atoms with Crippen LogP contribution in [0.4, 0.5) is 4.79 Å². The summed E-state index contributed by atoms with van der Waals surface area (Å²) in [5.41, 5.74) is 0.485. The second kappa shape index (κ2) is 8.99. The van der Waals surface area contributed by atoms with Gasteiger partial charge in [-0.2, -0.15) is 0 Å². The lowest BCUT2D eigenvalue weighted by Crippen LogP contribution is -2.35. The Morgan fingerprint density at radius 3 is 2.19 bits per heavy atom. The molecule has 0 bridgehead atoms. The predicted octanol–water partition coefficient (Wildman–Crippen LogP) is 2.52. The van der Waals surface area contributed by atoms with Gasteiger partial charge in [0, 0.05) is 13.1 Å². The van der Waals surface area contributed by atoms with Crippen LogP contribution in [-0.4, -0.2) is 66.5 Å². The van der Waals surface area contributed by atoms with Crippen LogP contribution in [0.5, 0.6) is 0 Å². The standard InChI is InChI=1S/C20H29N3O4/c1-20(2,3)27-19(26)21-11-7-12-22(4)13-8-14-23-17(24)15-9-5-6-10-16(15)18(23)25/h5-6,9-10H,7-8,11-14H2,1-4H3,(H,21,26). The number of carbonyl (C=O) groups is 3. The van der Waals surface area contributed by atoms with Gasteiger partial charge in [0.2, 0.25) is 0 Å². The van der Waals surface area contributed by atoms with Crippen LogP contribution in [0.15, 0.2) is 24.3 Å². The van der Waals surface area contributed by atoms with Crippen molar-refractivity contribution in [1.82, 2.24) is 15.1 Å². The number of fused-ring (bicyclic) bond motifs is 1. The van der Waals surface area contributed by atoms with Gasteiger partial charge >= 0.3 is 6.09 Å². The summed E-state index contributed by atoms with van der Waals surface area (Å²) in [6.45, 7) is 8.00. The number of carbonyl (C=O) groups excluding carboxylic acids is 3. The average Bonchev–Trinajstić information content (AvgIpc) is 2.82. The van der Waals surface area contributed by atoms with Crippen LogP contribution in [-0.2, 0) is 4.74 Å². The monoisotopic (exact) mass is 375 g/mol. The van der Waals surface area contributed by atoms with E-state index in [9.17, 15) is 14.4 Å². The van der Waals surface area contributed by atoms with Gasteiger partial charge < -0.3 is 15.0 Å². The number of rotatable bonds is 8. The molecule has 0 aromatic heterocycles. The van der Waals surface area contributed by atoms with E-state index in [1.807, 2.05) is 27.8 Å². The molecule has 0 spiro atoms. The van der Waals surface area contributed by atoms with E-state index in [1.54, 1.807) is 24.3 Å². The second-order valence-corrected chi connectivity index (χ2v) is 7.75. The average molecular weight is 375 g/mol. The van der Waals surface area contributed by atoms with Gasteiger partial charge in [-0.15, -0.1) is 0 Å². The fourth-order valence-electron chi connectivity index (χ4n) is 2.91. The number of imide groups is 1. The minimum absolute atomic E-state index is 0.209. The normalized spacial score (nSPS) is 13.9. The Hall–Kier alpha value is -2.41. The van der Waals surface area contributed by atoms with E-state index in [-0.39, 0.29) is 11.8 Å². The fourth-order valence-corrected chi connectivity index (χ4v) is 2.91. The van der Waals surface area contributed by atoms with Crippen molar-refractivity contribution >= 4 is 17.9 Å². The summed E-state index contributed by atoms with van der Waals surface area (Å²) in [6, 6.07) is 6.93. The number of amides is 3. The minimum Gasteiger partial charge on any atom is -0.444 e. The van der Waals surface area contributed by atoms with E-state index in [4.69, 9.17) is 4.74 Å². The van der Waals surface area contributed by atoms with Gasteiger partial charge in [-0.05, 0) is 65.9 Å². The van der Waals surface area contributed by atoms with Crippen molar-refractivity contribution < 1.29 is 19.1 Å². The molecule has 1 heterocycles. The zero-order valence-electron chi connectivity index (χ0n) is 16.6. The molecule has 0 fully saturated rings. The molecular formula is C20H29N3O4. The first kappa shape index (κ1) is 20.9. The molecule has 148 valence electrons. The lowest BCUT2D eigenvalue weighted by molar-refractivity contribution is 0.0525. The molecule has 1 aliphatic heterocycles. The number of hydrogen-bond donors (Lipinski definition) is 1. The molecule has 27 heavy (non-hydrogen) atoms. The first-order valence-electron chi connectivity index (χ1n) is 9.29. The Balaban J connectivity index is 1.63. The first-order chi connectivity index (χ1) is 12.7. The van der Waals surface area contributed by atoms with Crippen molar-refractivity contribution in [2.24, 2.45) is 0 Å². The molecule has 1 aromatic carbocycles. The second-order valence-electron chi connectivity index (χ2n) is 7.75. The van der Waals surface area contributed by atoms with Gasteiger partial charge in [0.05, 0.1) is 11.1 Å². The summed E-state index contributed by atoms with van der Waals surface area (Å²) >= 11 is 0. The van der Waals surface area contributed by atoms with Gasteiger partial charge in [0.1, 0.15) is 5.60 Å². The molecule has 3 amide bonds. The molecule has 1 aliphatic rings. The Kier molecular flexibility index (Phi) is 6.96. The molecule has 0 aliphatic carbocycles. The van der Waals surface area contributed by atoms with Crippen molar-refractivity contribution in [1.29, 1.82) is 0 Å². The number of benzene rings is 1. The van der Waals surface area contributed by atoms with Crippen LogP contribution in [0.3, 0.4) is 0 Å². The Labute approximate surface area is 160 Å². The lowest BCUT2D eigenvalue weighted by Gasteiger charge is -2.21. The van der Waals surface area contributed by atoms with Gasteiger partial charge in [-0.1, -0.05) is 12.1 Å². The van der Waals surface area contributed by atoms with E-state index >= 15 is 0 Å². The summed E-state index contributed by atoms with van der Waals surface area (Å²) in [5.74, 6) is -0.417. The maximum atomic E-state index is 12.3. The Morgan fingerprint density at radius 2 is 1.63 bits per heavy atom. The van der Waals surface area contributed by atoms with E-state index in [2.05, 4.69) is 10.2 Å². The third kappa shape index (κ3) is 6.06. The third-order valence-electron chi connectivity index (χ3n) is 4.18. The number of ether oxygens (including phenoxy) is 1. The predicted molar refractivity (Wildman–Crippen MR) is 103 cm³/mol. The van der Waals surface area contributed by atoms with E-state index in [1.165, 1.54) is 4.90 Å². The molecule has 0 saturated heterocycles. The number of nitrogens with zero attached hydrogens (tertiary/aromatic N) is 2. The zero-order valence-corrected chi connectivity index (χ0v) is 16.6. The quantitative estimate of drug-likeness (QED) is 0.558. The fraction of sp³-hybridized carbons (Fsp3) is 0.550. The highest BCUT2D eigenvalue weighted by molar-refractivity contribution is 6.21. The van der Waals surface area contributed by atoms with Crippen LogP contribution >= 0.6 is 0 Å². The highest BCUT2D eigenvalue weighted by atomic mass is 16.6. The summed E-state index contributed by atoms with van der Waals surface area (Å²) in [5, 5.41) is 2.73. The van der Waals surface area contributed by atoms with Crippen LogP contribution in [0, 0.1) is 0 Å². The van der Waals surface area contributed by atoms with Crippen molar-refractivity contribution in [2.75, 3.05) is 33.2 Å². The maximum Gasteiger partial charge on any atom is 0.407 e. The molecule has 0 unspecified atom stereocenters. The molecule has 0 atom stereocenters. The van der Waals surface area contributed by atoms with Crippen LogP contribution in [0.25, 0.3) is 0 Å². The molecule has 0 saturated carbocycles. The summed E-state index contributed by atoms with van der Waals surface area (Å²) in [4.78, 5) is 39.6. The van der Waals surface area contributed by atoms with Crippen LogP contribution < -0.4 is 5.32 Å². The third-order valence-corrected chi connectivity index (χ3v) is 4.18. The maximum absolute atomic E-state index is 12.3. The lowest BCUT2D eigenvalue weighted by atomic mass is 10.1. The molecule has 7 heteroatoms. The highest BCUT2D eigenvalue weighted by Gasteiger charge is 2.34. The minimum atomic E-state index is -0.495. The van der Waals surface area contributed by atoms with Gasteiger partial charge in [0.25, 0.3) is 11.8 Å². The molecule has 0 radical (unpaired) electrons. The van der Waals surface area contributed by atoms with Crippen LogP contribution in [0.2, 0.25) is 0 Å². The molecule has 1 aromatic rings. The van der Waals surface area contributed by atoms with E-state index in [0.29, 0.717) is 30.6 Å². The smallest absolute Gasteiger partial charge is 0.407 e. The largest absolute Gasteiger partial charge is 0.444 e. The summed E-state index contributed by atoms with van der Waals surface area (Å²) in [7, 11) is 1.98. The molecule has 1 N–H and O–H groups in total. The van der Waals surface area contributed by atoms with Crippen LogP contribution in [0.1, 0.15) is 54.3 Å². The highest BCUT2D eigenvalue weighted by Crippen LogP contribution is 2.22. The number of hydrogen-bond acceptors (Lipinski definition) is 5. The van der Waals surface area contributed by atoms with Gasteiger partial charge in [-0.25, -0.2) is 4.79 Å². The Bertz CT molecular complexity index is 662. The molecule has 7 nitrogen and oxygen atoms in total. The van der Waals surface area contributed by atoms with Gasteiger partial charge in [-0.3, -0.25) is 14.5 Å². The zero-order chi connectivity index (χ0) is 20.0. The summed E-state index contributed by atoms with van der Waals surface area (Å²) < 4.78 is 5.18. The number of alkyl carbamates (subject to hydrolysis) is 1. The Morgan fingerprint density at radius 1 is 1.07 bits per heavy atom. The molecule has 2 rings (SSSR count). The van der Waals surface area contributed by atoms with Crippen molar-refractivity contribution in [3.63, 3.8) is 0 Å². The first-order valence-corrected chi connectivity index (χ1v) is 9.29. The van der Waals surface area contributed by atoms with Crippen molar-refractivity contribution in [3.05, 3.63) is 35.4 Å². The van der Waals surface area contributed by atoms with Crippen molar-refractivity contribution in [3.8, 4) is 0 Å². The summed E-state index contributed by atoms with van der Waals surface area (Å²) in [6.07, 6.45) is 1.10. The topological polar surface area (TPSA) is 79.0 Å². The van der Waals surface area contributed by atoms with Gasteiger partial charge in [0.15, 0.2) is 0 Å². The SMILES string of the molecule is CN(CCCNC(=O)OC(C)(C)C)CCCN1C(=O)c2ccccc2C1=O.